The van der Waals surface area contributed by atoms with Gasteiger partial charge in [0, 0.05) is 11.1 Å². The zero-order valence-electron chi connectivity index (χ0n) is 14.7. The van der Waals surface area contributed by atoms with Crippen LogP contribution in [0.2, 0.25) is 5.02 Å². The number of hydrogen-bond acceptors (Lipinski definition) is 5. The van der Waals surface area contributed by atoms with Gasteiger partial charge >= 0.3 is 0 Å². The molecular weight excluding hydrogens is 356 g/mol. The number of halogens is 1. The Kier molecular flexibility index (Phi) is 8.25. The summed E-state index contributed by atoms with van der Waals surface area (Å²) in [5.41, 5.74) is -0.292. The van der Waals surface area contributed by atoms with Gasteiger partial charge in [-0.3, -0.25) is 4.79 Å². The Labute approximate surface area is 157 Å². The van der Waals surface area contributed by atoms with Crippen LogP contribution in [0, 0.1) is 0 Å². The maximum atomic E-state index is 12.1. The zero-order valence-corrected chi connectivity index (χ0v) is 15.5. The van der Waals surface area contributed by atoms with Crippen LogP contribution in [0.4, 0.5) is 0 Å². The fourth-order valence-electron chi connectivity index (χ4n) is 2.31. The second-order valence-corrected chi connectivity index (χ2v) is 6.08. The summed E-state index contributed by atoms with van der Waals surface area (Å²) in [5, 5.41) is 9.81. The van der Waals surface area contributed by atoms with E-state index in [1.807, 2.05) is 19.1 Å². The van der Waals surface area contributed by atoms with E-state index >= 15 is 0 Å². The first-order valence-corrected chi connectivity index (χ1v) is 8.93. The van der Waals surface area contributed by atoms with Gasteiger partial charge in [0.05, 0.1) is 13.2 Å². The molecule has 0 amide bonds. The third-order valence-corrected chi connectivity index (χ3v) is 3.82. The van der Waals surface area contributed by atoms with Crippen molar-refractivity contribution in [1.29, 1.82) is 0 Å². The van der Waals surface area contributed by atoms with Crippen molar-refractivity contribution in [3.8, 4) is 11.5 Å². The van der Waals surface area contributed by atoms with Crippen LogP contribution in [0.3, 0.4) is 0 Å². The van der Waals surface area contributed by atoms with Crippen molar-refractivity contribution >= 4 is 17.7 Å². The number of ether oxygens (including phenoxy) is 2. The number of allylic oxidation sites excluding steroid dienone is 1. The molecule has 26 heavy (non-hydrogen) atoms. The molecule has 5 nitrogen and oxygen atoms in total. The molecular formula is C20H23ClO5. The largest absolute Gasteiger partial charge is 0.494 e. The van der Waals surface area contributed by atoms with Crippen molar-refractivity contribution in [3.63, 3.8) is 0 Å². The van der Waals surface area contributed by atoms with Crippen molar-refractivity contribution in [2.75, 3.05) is 13.2 Å². The molecule has 0 fully saturated rings. The topological polar surface area (TPSA) is 68.9 Å². The molecule has 0 atom stereocenters. The van der Waals surface area contributed by atoms with E-state index in [0.717, 1.165) is 25.0 Å². The van der Waals surface area contributed by atoms with Gasteiger partial charge in [0.15, 0.2) is 5.76 Å². The Morgan fingerprint density at radius 3 is 2.46 bits per heavy atom. The van der Waals surface area contributed by atoms with E-state index in [1.165, 1.54) is 6.07 Å². The van der Waals surface area contributed by atoms with E-state index in [-0.39, 0.29) is 23.5 Å². The lowest BCUT2D eigenvalue weighted by atomic mass is 10.2. The van der Waals surface area contributed by atoms with E-state index in [9.17, 15) is 4.79 Å². The Balaban J connectivity index is 1.74. The predicted octanol–water partition coefficient (Wildman–Crippen LogP) is 4.45. The summed E-state index contributed by atoms with van der Waals surface area (Å²) in [6.45, 7) is 2.51. The van der Waals surface area contributed by atoms with Gasteiger partial charge in [0.25, 0.3) is 0 Å². The van der Waals surface area contributed by atoms with Gasteiger partial charge in [0.2, 0.25) is 11.2 Å². The molecule has 140 valence electrons. The number of rotatable bonds is 10. The third-order valence-electron chi connectivity index (χ3n) is 3.57. The highest BCUT2D eigenvalue weighted by molar-refractivity contribution is 6.30. The van der Waals surface area contributed by atoms with Gasteiger partial charge in [0.1, 0.15) is 18.1 Å². The minimum atomic E-state index is -0.326. The second-order valence-electron chi connectivity index (χ2n) is 5.64. The predicted molar refractivity (Wildman–Crippen MR) is 102 cm³/mol. The molecule has 0 spiro atoms. The second kappa shape index (κ2) is 10.7. The van der Waals surface area contributed by atoms with Crippen LogP contribution in [0.25, 0.3) is 6.08 Å². The highest BCUT2D eigenvalue weighted by Gasteiger charge is 2.11. The van der Waals surface area contributed by atoms with Crippen LogP contribution < -0.4 is 14.9 Å². The molecule has 0 radical (unpaired) electrons. The lowest BCUT2D eigenvalue weighted by Gasteiger charge is -2.09. The van der Waals surface area contributed by atoms with Crippen molar-refractivity contribution in [2.45, 2.75) is 32.8 Å². The molecule has 2 aromatic rings. The molecule has 0 aliphatic rings. The number of benzene rings is 1. The van der Waals surface area contributed by atoms with Gasteiger partial charge in [-0.05, 0) is 56.5 Å². The summed E-state index contributed by atoms with van der Waals surface area (Å²) in [4.78, 5) is 12.1. The molecule has 0 unspecified atom stereocenters. The van der Waals surface area contributed by atoms with Crippen LogP contribution in [0.15, 0.2) is 45.6 Å². The first-order chi connectivity index (χ1) is 12.6. The summed E-state index contributed by atoms with van der Waals surface area (Å²) in [6, 6.07) is 8.51. The SMILES string of the molecule is CC=Cc1oc(CO)cc(=O)c1OCCCCCOc1ccc(Cl)cc1. The first-order valence-electron chi connectivity index (χ1n) is 8.55. The summed E-state index contributed by atoms with van der Waals surface area (Å²) in [5.74, 6) is 1.52. The number of aliphatic hydroxyl groups is 1. The molecule has 1 N–H and O–H groups in total. The van der Waals surface area contributed by atoms with Crippen molar-refractivity contribution < 1.29 is 19.0 Å². The van der Waals surface area contributed by atoms with E-state index in [4.69, 9.17) is 30.6 Å². The van der Waals surface area contributed by atoms with Gasteiger partial charge in [-0.15, -0.1) is 0 Å². The van der Waals surface area contributed by atoms with Crippen LogP contribution in [-0.4, -0.2) is 18.3 Å². The normalized spacial score (nSPS) is 11.0. The molecule has 1 heterocycles. The Morgan fingerprint density at radius 1 is 1.12 bits per heavy atom. The number of hydrogen-bond donors (Lipinski definition) is 1. The average Bonchev–Trinajstić information content (AvgIpc) is 2.64. The lowest BCUT2D eigenvalue weighted by molar-refractivity contribution is 0.234. The Bertz CT molecular complexity index is 765. The van der Waals surface area contributed by atoms with Crippen molar-refractivity contribution in [1.82, 2.24) is 0 Å². The number of aliphatic hydroxyl groups excluding tert-OH is 1. The molecule has 0 saturated carbocycles. The van der Waals surface area contributed by atoms with E-state index in [2.05, 4.69) is 0 Å². The maximum absolute atomic E-state index is 12.1. The Morgan fingerprint density at radius 2 is 1.81 bits per heavy atom. The summed E-state index contributed by atoms with van der Waals surface area (Å²) in [6.07, 6.45) is 5.98. The smallest absolute Gasteiger partial charge is 0.227 e. The van der Waals surface area contributed by atoms with Crippen molar-refractivity contribution in [2.24, 2.45) is 0 Å². The quantitative estimate of drug-likeness (QED) is 0.618. The molecule has 0 aliphatic carbocycles. The monoisotopic (exact) mass is 378 g/mol. The van der Waals surface area contributed by atoms with E-state index in [0.29, 0.717) is 24.0 Å². The highest BCUT2D eigenvalue weighted by atomic mass is 35.5. The van der Waals surface area contributed by atoms with Crippen LogP contribution >= 0.6 is 11.6 Å². The van der Waals surface area contributed by atoms with Crippen LogP contribution in [0.1, 0.15) is 37.7 Å². The fraction of sp³-hybridized carbons (Fsp3) is 0.350. The van der Waals surface area contributed by atoms with Crippen LogP contribution in [0.5, 0.6) is 11.5 Å². The fourth-order valence-corrected chi connectivity index (χ4v) is 2.43. The summed E-state index contributed by atoms with van der Waals surface area (Å²) in [7, 11) is 0. The summed E-state index contributed by atoms with van der Waals surface area (Å²) < 4.78 is 16.7. The number of unbranched alkanes of at least 4 members (excludes halogenated alkanes) is 2. The third kappa shape index (κ3) is 6.24. The molecule has 6 heteroatoms. The van der Waals surface area contributed by atoms with Crippen LogP contribution in [-0.2, 0) is 6.61 Å². The average molecular weight is 379 g/mol. The van der Waals surface area contributed by atoms with E-state index in [1.54, 1.807) is 24.3 Å². The molecule has 1 aromatic carbocycles. The van der Waals surface area contributed by atoms with Gasteiger partial charge in [-0.2, -0.15) is 0 Å². The molecule has 0 saturated heterocycles. The van der Waals surface area contributed by atoms with Gasteiger partial charge in [-0.25, -0.2) is 0 Å². The molecule has 2 rings (SSSR count). The highest BCUT2D eigenvalue weighted by Crippen LogP contribution is 2.18. The first kappa shape index (κ1) is 20.1. The molecule has 1 aromatic heterocycles. The van der Waals surface area contributed by atoms with Crippen molar-refractivity contribution in [3.05, 3.63) is 63.2 Å². The van der Waals surface area contributed by atoms with Gasteiger partial charge < -0.3 is 19.0 Å². The standard InChI is InChI=1S/C20H23ClO5/c1-2-6-19-20(18(23)13-17(14-22)26-19)25-12-5-3-4-11-24-16-9-7-15(21)8-10-16/h2,6-10,13,22H,3-5,11-12,14H2,1H3. The Hall–Kier alpha value is -2.24. The minimum Gasteiger partial charge on any atom is -0.494 e. The van der Waals surface area contributed by atoms with Gasteiger partial charge in [-0.1, -0.05) is 17.7 Å². The zero-order chi connectivity index (χ0) is 18.8. The van der Waals surface area contributed by atoms with E-state index < -0.39 is 0 Å². The minimum absolute atomic E-state index is 0.178. The molecule has 0 aliphatic heterocycles. The molecule has 0 bridgehead atoms. The maximum Gasteiger partial charge on any atom is 0.227 e. The lowest BCUT2D eigenvalue weighted by Crippen LogP contribution is -2.11. The summed E-state index contributed by atoms with van der Waals surface area (Å²) >= 11 is 5.82.